The quantitative estimate of drug-likeness (QED) is 0.315. The summed E-state index contributed by atoms with van der Waals surface area (Å²) in [6.45, 7) is -1.15. The Morgan fingerprint density at radius 2 is 1.64 bits per heavy atom. The molecule has 1 atom stereocenters. The van der Waals surface area contributed by atoms with Crippen molar-refractivity contribution < 1.29 is 22.7 Å². The van der Waals surface area contributed by atoms with E-state index < -0.39 is 11.9 Å². The predicted molar refractivity (Wildman–Crippen MR) is 122 cm³/mol. The maximum Gasteiger partial charge on any atom is 0.387 e. The summed E-state index contributed by atoms with van der Waals surface area (Å²) in [7, 11) is 0. The van der Waals surface area contributed by atoms with Crippen molar-refractivity contribution in [1.29, 1.82) is 0 Å². The summed E-state index contributed by atoms with van der Waals surface area (Å²) in [5, 5.41) is 10.6. The number of nitrogens with one attached hydrogen (secondary N) is 1. The lowest BCUT2D eigenvalue weighted by Gasteiger charge is -2.14. The van der Waals surface area contributed by atoms with Crippen LogP contribution in [-0.4, -0.2) is 28.0 Å². The molecule has 9 heteroatoms. The molecule has 0 bridgehead atoms. The lowest BCUT2D eigenvalue weighted by molar-refractivity contribution is -0.115. The van der Waals surface area contributed by atoms with Crippen LogP contribution in [0, 0.1) is 0 Å². The first-order valence-electron chi connectivity index (χ1n) is 10.0. The highest BCUT2D eigenvalue weighted by molar-refractivity contribution is 8.00. The van der Waals surface area contributed by atoms with E-state index in [9.17, 15) is 13.6 Å². The van der Waals surface area contributed by atoms with Crippen LogP contribution in [0.5, 0.6) is 5.75 Å². The van der Waals surface area contributed by atoms with Gasteiger partial charge in [0, 0.05) is 16.8 Å². The number of benzene rings is 3. The molecule has 4 aromatic rings. The van der Waals surface area contributed by atoms with Gasteiger partial charge in [0.15, 0.2) is 0 Å². The van der Waals surface area contributed by atoms with Crippen LogP contribution in [-0.2, 0) is 4.79 Å². The summed E-state index contributed by atoms with van der Waals surface area (Å²) in [4.78, 5) is 12.8. The van der Waals surface area contributed by atoms with Gasteiger partial charge in [-0.25, -0.2) is 0 Å². The highest BCUT2D eigenvalue weighted by Gasteiger charge is 2.20. The summed E-state index contributed by atoms with van der Waals surface area (Å²) in [6.07, 6.45) is 0. The molecule has 6 nitrogen and oxygen atoms in total. The molecule has 0 saturated heterocycles. The Morgan fingerprint density at radius 1 is 0.939 bits per heavy atom. The highest BCUT2D eigenvalue weighted by Crippen LogP contribution is 2.30. The van der Waals surface area contributed by atoms with Gasteiger partial charge in [-0.2, -0.15) is 8.78 Å². The van der Waals surface area contributed by atoms with Crippen molar-refractivity contribution in [2.75, 3.05) is 5.32 Å². The van der Waals surface area contributed by atoms with E-state index in [1.165, 1.54) is 24.3 Å². The maximum atomic E-state index is 12.8. The van der Waals surface area contributed by atoms with Crippen LogP contribution in [0.2, 0.25) is 0 Å². The number of hydrogen-bond donors (Lipinski definition) is 1. The largest absolute Gasteiger partial charge is 0.435 e. The fourth-order valence-electron chi connectivity index (χ4n) is 3.05. The SMILES string of the molecule is CC(Sc1nnc(-c2ccc(OC(F)F)cc2)o1)C(=O)Nc1ccccc1-c1ccccc1. The van der Waals surface area contributed by atoms with E-state index in [2.05, 4.69) is 20.3 Å². The van der Waals surface area contributed by atoms with E-state index in [-0.39, 0.29) is 22.8 Å². The van der Waals surface area contributed by atoms with Gasteiger partial charge in [0.25, 0.3) is 5.22 Å². The Kier molecular flexibility index (Phi) is 6.99. The molecule has 0 spiro atoms. The Labute approximate surface area is 193 Å². The summed E-state index contributed by atoms with van der Waals surface area (Å²) in [6, 6.07) is 23.2. The van der Waals surface area contributed by atoms with E-state index in [0.717, 1.165) is 22.9 Å². The first-order chi connectivity index (χ1) is 16.0. The molecule has 1 amide bonds. The lowest BCUT2D eigenvalue weighted by atomic mass is 10.0. The molecule has 1 N–H and O–H groups in total. The summed E-state index contributed by atoms with van der Waals surface area (Å²) >= 11 is 1.12. The van der Waals surface area contributed by atoms with E-state index in [4.69, 9.17) is 4.42 Å². The monoisotopic (exact) mass is 467 g/mol. The van der Waals surface area contributed by atoms with Gasteiger partial charge in [0.05, 0.1) is 5.25 Å². The number of anilines is 1. The van der Waals surface area contributed by atoms with Gasteiger partial charge in [-0.15, -0.1) is 10.2 Å². The van der Waals surface area contributed by atoms with Gasteiger partial charge in [-0.3, -0.25) is 4.79 Å². The Balaban J connectivity index is 1.41. The van der Waals surface area contributed by atoms with Crippen LogP contribution in [0.1, 0.15) is 6.92 Å². The molecule has 0 fully saturated rings. The average Bonchev–Trinajstić information content (AvgIpc) is 3.28. The molecule has 1 aromatic heterocycles. The molecule has 168 valence electrons. The molecule has 0 saturated carbocycles. The molecule has 4 rings (SSSR count). The number of nitrogens with zero attached hydrogens (tertiary/aromatic N) is 2. The zero-order valence-electron chi connectivity index (χ0n) is 17.4. The number of alkyl halides is 2. The standard InChI is InChI=1S/C24H19F2N3O3S/c1-15(21(30)27-20-10-6-5-9-19(20)16-7-3-2-4-8-16)33-24-29-28-22(32-24)17-11-13-18(14-12-17)31-23(25)26/h2-15,23H,1H3,(H,27,30). The topological polar surface area (TPSA) is 77.2 Å². The number of carbonyl (C=O) groups excluding carboxylic acids is 1. The Hall–Kier alpha value is -3.72. The molecule has 1 heterocycles. The van der Waals surface area contributed by atoms with E-state index in [1.807, 2.05) is 54.6 Å². The van der Waals surface area contributed by atoms with Gasteiger partial charge in [-0.1, -0.05) is 60.3 Å². The first-order valence-corrected chi connectivity index (χ1v) is 10.9. The average molecular weight is 467 g/mol. The molecule has 0 aliphatic rings. The predicted octanol–water partition coefficient (Wildman–Crippen LogP) is 6.12. The second-order valence-corrected chi connectivity index (χ2v) is 8.23. The molecule has 3 aromatic carbocycles. The fraction of sp³-hybridized carbons (Fsp3) is 0.125. The summed E-state index contributed by atoms with van der Waals surface area (Å²) in [5.74, 6) is 0.0312. The van der Waals surface area contributed by atoms with Gasteiger partial charge < -0.3 is 14.5 Å². The number of carbonyl (C=O) groups is 1. The number of ether oxygens (including phenoxy) is 1. The number of thioether (sulfide) groups is 1. The third-order valence-corrected chi connectivity index (χ3v) is 5.58. The fourth-order valence-corrected chi connectivity index (χ4v) is 3.74. The van der Waals surface area contributed by atoms with Crippen LogP contribution in [0.15, 0.2) is 88.5 Å². The molecule has 0 aliphatic heterocycles. The van der Waals surface area contributed by atoms with Crippen molar-refractivity contribution in [3.05, 3.63) is 78.9 Å². The second kappa shape index (κ2) is 10.3. The lowest BCUT2D eigenvalue weighted by Crippen LogP contribution is -2.22. The molecular formula is C24H19F2N3O3S. The van der Waals surface area contributed by atoms with E-state index >= 15 is 0 Å². The maximum absolute atomic E-state index is 12.8. The summed E-state index contributed by atoms with van der Waals surface area (Å²) < 4.78 is 34.5. The highest BCUT2D eigenvalue weighted by atomic mass is 32.2. The van der Waals surface area contributed by atoms with Crippen LogP contribution >= 0.6 is 11.8 Å². The van der Waals surface area contributed by atoms with E-state index in [1.54, 1.807) is 6.92 Å². The van der Waals surface area contributed by atoms with Crippen molar-refractivity contribution in [2.24, 2.45) is 0 Å². The Morgan fingerprint density at radius 3 is 2.36 bits per heavy atom. The number of aromatic nitrogens is 2. The first kappa shape index (κ1) is 22.5. The van der Waals surface area contributed by atoms with Crippen molar-refractivity contribution in [3.63, 3.8) is 0 Å². The molecule has 33 heavy (non-hydrogen) atoms. The molecule has 0 aliphatic carbocycles. The van der Waals surface area contributed by atoms with Crippen molar-refractivity contribution in [2.45, 2.75) is 24.0 Å². The van der Waals surface area contributed by atoms with Gasteiger partial charge in [-0.05, 0) is 42.8 Å². The zero-order chi connectivity index (χ0) is 23.2. The second-order valence-electron chi connectivity index (χ2n) is 6.94. The third kappa shape index (κ3) is 5.75. The molecular weight excluding hydrogens is 448 g/mol. The number of halogens is 2. The minimum Gasteiger partial charge on any atom is -0.435 e. The molecule has 1 unspecified atom stereocenters. The number of para-hydroxylation sites is 1. The van der Waals surface area contributed by atoms with Crippen LogP contribution in [0.3, 0.4) is 0 Å². The van der Waals surface area contributed by atoms with Crippen molar-refractivity contribution in [3.8, 4) is 28.3 Å². The van der Waals surface area contributed by atoms with Crippen LogP contribution in [0.25, 0.3) is 22.6 Å². The van der Waals surface area contributed by atoms with Gasteiger partial charge in [0.2, 0.25) is 11.8 Å². The van der Waals surface area contributed by atoms with Gasteiger partial charge in [0.1, 0.15) is 5.75 Å². The summed E-state index contributed by atoms with van der Waals surface area (Å²) in [5.41, 5.74) is 3.17. The molecule has 0 radical (unpaired) electrons. The zero-order valence-corrected chi connectivity index (χ0v) is 18.3. The smallest absolute Gasteiger partial charge is 0.387 e. The number of amides is 1. The van der Waals surface area contributed by atoms with Gasteiger partial charge >= 0.3 is 6.61 Å². The van der Waals surface area contributed by atoms with Crippen LogP contribution in [0.4, 0.5) is 14.5 Å². The van der Waals surface area contributed by atoms with E-state index in [0.29, 0.717) is 11.3 Å². The normalized spacial score (nSPS) is 11.9. The minimum atomic E-state index is -2.89. The minimum absolute atomic E-state index is 0.0314. The van der Waals surface area contributed by atoms with Crippen molar-refractivity contribution in [1.82, 2.24) is 10.2 Å². The Bertz CT molecular complexity index is 1220. The number of rotatable bonds is 8. The van der Waals surface area contributed by atoms with Crippen molar-refractivity contribution >= 4 is 23.4 Å². The third-order valence-electron chi connectivity index (χ3n) is 4.65. The van der Waals surface area contributed by atoms with Crippen LogP contribution < -0.4 is 10.1 Å². The number of hydrogen-bond acceptors (Lipinski definition) is 6.